The molecular formula is C21H20N2O3. The van der Waals surface area contributed by atoms with Crippen LogP contribution in [0.25, 0.3) is 0 Å². The summed E-state index contributed by atoms with van der Waals surface area (Å²) in [4.78, 5) is 38.1. The highest BCUT2D eigenvalue weighted by Gasteiger charge is 2.34. The third-order valence-corrected chi connectivity index (χ3v) is 5.13. The maximum Gasteiger partial charge on any atom is 0.261 e. The van der Waals surface area contributed by atoms with E-state index in [-0.39, 0.29) is 30.3 Å². The molecule has 1 heterocycles. The van der Waals surface area contributed by atoms with E-state index in [0.717, 1.165) is 12.8 Å². The second-order valence-electron chi connectivity index (χ2n) is 6.77. The summed E-state index contributed by atoms with van der Waals surface area (Å²) in [6.07, 6.45) is 2.66. The Labute approximate surface area is 152 Å². The molecule has 4 rings (SSSR count). The topological polar surface area (TPSA) is 66.5 Å². The Morgan fingerprint density at radius 1 is 1.00 bits per heavy atom. The summed E-state index contributed by atoms with van der Waals surface area (Å²) in [5.74, 6) is -0.574. The molecule has 0 fully saturated rings. The number of imide groups is 1. The van der Waals surface area contributed by atoms with E-state index in [2.05, 4.69) is 17.4 Å². The first kappa shape index (κ1) is 16.5. The van der Waals surface area contributed by atoms with Crippen LogP contribution in [0.1, 0.15) is 57.1 Å². The number of carbonyl (C=O) groups excluding carboxylic acids is 3. The summed E-state index contributed by atoms with van der Waals surface area (Å²) >= 11 is 0. The van der Waals surface area contributed by atoms with Crippen LogP contribution in [-0.2, 0) is 11.2 Å². The first-order valence-corrected chi connectivity index (χ1v) is 8.97. The molecule has 5 heteroatoms. The molecule has 0 spiro atoms. The average molecular weight is 348 g/mol. The van der Waals surface area contributed by atoms with Gasteiger partial charge in [0.05, 0.1) is 17.2 Å². The highest BCUT2D eigenvalue weighted by Crippen LogP contribution is 2.30. The van der Waals surface area contributed by atoms with E-state index in [0.29, 0.717) is 24.0 Å². The van der Waals surface area contributed by atoms with Crippen molar-refractivity contribution in [2.24, 2.45) is 0 Å². The molecule has 1 unspecified atom stereocenters. The predicted octanol–water partition coefficient (Wildman–Crippen LogP) is 2.87. The van der Waals surface area contributed by atoms with Crippen LogP contribution >= 0.6 is 0 Å². The highest BCUT2D eigenvalue weighted by molar-refractivity contribution is 6.21. The Balaban J connectivity index is 1.30. The number of nitrogens with zero attached hydrogens (tertiary/aromatic N) is 1. The molecule has 2 aliphatic rings. The number of carbonyl (C=O) groups is 3. The molecule has 1 atom stereocenters. The molecule has 1 aliphatic heterocycles. The van der Waals surface area contributed by atoms with Crippen molar-refractivity contribution in [1.82, 2.24) is 10.2 Å². The molecule has 0 aromatic heterocycles. The summed E-state index contributed by atoms with van der Waals surface area (Å²) < 4.78 is 0. The number of benzene rings is 2. The smallest absolute Gasteiger partial charge is 0.261 e. The van der Waals surface area contributed by atoms with Gasteiger partial charge in [0.2, 0.25) is 5.91 Å². The lowest BCUT2D eigenvalue weighted by Gasteiger charge is -2.16. The molecule has 3 amide bonds. The summed E-state index contributed by atoms with van der Waals surface area (Å²) in [5, 5.41) is 3.07. The molecule has 0 bridgehead atoms. The van der Waals surface area contributed by atoms with E-state index >= 15 is 0 Å². The quantitative estimate of drug-likeness (QED) is 0.845. The lowest BCUT2D eigenvalue weighted by molar-refractivity contribution is -0.122. The van der Waals surface area contributed by atoms with Gasteiger partial charge >= 0.3 is 0 Å². The lowest BCUT2D eigenvalue weighted by Crippen LogP contribution is -2.32. The number of hydrogen-bond donors (Lipinski definition) is 1. The van der Waals surface area contributed by atoms with Crippen LogP contribution in [0.3, 0.4) is 0 Å². The van der Waals surface area contributed by atoms with Crippen LogP contribution in [0.5, 0.6) is 0 Å². The van der Waals surface area contributed by atoms with E-state index in [1.54, 1.807) is 24.3 Å². The van der Waals surface area contributed by atoms with Crippen molar-refractivity contribution in [1.29, 1.82) is 0 Å². The van der Waals surface area contributed by atoms with Gasteiger partial charge in [-0.3, -0.25) is 19.3 Å². The Bertz CT molecular complexity index is 855. The largest absolute Gasteiger partial charge is 0.349 e. The van der Waals surface area contributed by atoms with Gasteiger partial charge in [0.25, 0.3) is 11.8 Å². The summed E-state index contributed by atoms with van der Waals surface area (Å²) in [6.45, 7) is 0.265. The summed E-state index contributed by atoms with van der Waals surface area (Å²) in [6, 6.07) is 15.1. The molecule has 2 aromatic carbocycles. The lowest BCUT2D eigenvalue weighted by atomic mass is 10.1. The van der Waals surface area contributed by atoms with Crippen molar-refractivity contribution in [3.8, 4) is 0 Å². The fraction of sp³-hybridized carbons (Fsp3) is 0.286. The van der Waals surface area contributed by atoms with Crippen molar-refractivity contribution in [3.63, 3.8) is 0 Å². The Hall–Kier alpha value is -2.95. The zero-order chi connectivity index (χ0) is 18.1. The van der Waals surface area contributed by atoms with E-state index in [1.807, 2.05) is 12.1 Å². The molecule has 132 valence electrons. The standard InChI is InChI=1S/C21H20N2O3/c24-19(22-18-12-11-14-6-1-2-7-15(14)18)10-5-13-23-20(25)16-8-3-4-9-17(16)21(23)26/h1-4,6-9,18H,5,10-13H2,(H,22,24). The number of aryl methyl sites for hydroxylation is 1. The first-order valence-electron chi connectivity index (χ1n) is 8.97. The number of rotatable bonds is 5. The molecule has 0 saturated heterocycles. The average Bonchev–Trinajstić information content (AvgIpc) is 3.17. The SMILES string of the molecule is O=C(CCCN1C(=O)c2ccccc2C1=O)NC1CCc2ccccc21. The second-order valence-corrected chi connectivity index (χ2v) is 6.77. The van der Waals surface area contributed by atoms with Gasteiger partial charge in [0.1, 0.15) is 0 Å². The number of fused-ring (bicyclic) bond motifs is 2. The van der Waals surface area contributed by atoms with Crippen molar-refractivity contribution < 1.29 is 14.4 Å². The molecule has 1 aliphatic carbocycles. The van der Waals surface area contributed by atoms with Crippen molar-refractivity contribution in [2.75, 3.05) is 6.54 Å². The zero-order valence-corrected chi connectivity index (χ0v) is 14.4. The summed E-state index contributed by atoms with van der Waals surface area (Å²) in [5.41, 5.74) is 3.39. The maximum absolute atomic E-state index is 12.3. The Morgan fingerprint density at radius 3 is 2.38 bits per heavy atom. The van der Waals surface area contributed by atoms with Crippen molar-refractivity contribution >= 4 is 17.7 Å². The fourth-order valence-corrected chi connectivity index (χ4v) is 3.81. The van der Waals surface area contributed by atoms with E-state index in [9.17, 15) is 14.4 Å². The minimum Gasteiger partial charge on any atom is -0.349 e. The second kappa shape index (κ2) is 6.75. The van der Waals surface area contributed by atoms with Gasteiger partial charge < -0.3 is 5.32 Å². The molecule has 5 nitrogen and oxygen atoms in total. The molecule has 26 heavy (non-hydrogen) atoms. The normalized spacial score (nSPS) is 18.0. The van der Waals surface area contributed by atoms with E-state index in [1.165, 1.54) is 16.0 Å². The van der Waals surface area contributed by atoms with Crippen molar-refractivity contribution in [3.05, 3.63) is 70.8 Å². The van der Waals surface area contributed by atoms with Gasteiger partial charge in [-0.1, -0.05) is 36.4 Å². The minimum atomic E-state index is -0.268. The van der Waals surface area contributed by atoms with Crippen LogP contribution in [0.4, 0.5) is 0 Å². The molecule has 0 saturated carbocycles. The van der Waals surface area contributed by atoms with E-state index < -0.39 is 0 Å². The van der Waals surface area contributed by atoms with Crippen LogP contribution in [-0.4, -0.2) is 29.2 Å². The van der Waals surface area contributed by atoms with Crippen LogP contribution < -0.4 is 5.32 Å². The molecule has 1 N–H and O–H groups in total. The third kappa shape index (κ3) is 2.90. The number of hydrogen-bond acceptors (Lipinski definition) is 3. The van der Waals surface area contributed by atoms with Gasteiger partial charge in [0.15, 0.2) is 0 Å². The maximum atomic E-state index is 12.3. The fourth-order valence-electron chi connectivity index (χ4n) is 3.81. The minimum absolute atomic E-state index is 0.0386. The molecular weight excluding hydrogens is 328 g/mol. The Morgan fingerprint density at radius 2 is 1.65 bits per heavy atom. The van der Waals surface area contributed by atoms with Crippen molar-refractivity contribution in [2.45, 2.75) is 31.7 Å². The van der Waals surface area contributed by atoms with Gasteiger partial charge in [-0.15, -0.1) is 0 Å². The van der Waals surface area contributed by atoms with Crippen LogP contribution in [0.2, 0.25) is 0 Å². The van der Waals surface area contributed by atoms with Gasteiger partial charge in [-0.2, -0.15) is 0 Å². The third-order valence-electron chi connectivity index (χ3n) is 5.13. The van der Waals surface area contributed by atoms with Crippen LogP contribution in [0, 0.1) is 0 Å². The zero-order valence-electron chi connectivity index (χ0n) is 14.4. The first-order chi connectivity index (χ1) is 12.6. The Kier molecular flexibility index (Phi) is 4.29. The number of amides is 3. The van der Waals surface area contributed by atoms with Gasteiger partial charge in [-0.05, 0) is 42.5 Å². The van der Waals surface area contributed by atoms with Gasteiger partial charge in [-0.25, -0.2) is 0 Å². The molecule has 0 radical (unpaired) electrons. The summed E-state index contributed by atoms with van der Waals surface area (Å²) in [7, 11) is 0. The predicted molar refractivity (Wildman–Crippen MR) is 96.7 cm³/mol. The molecule has 2 aromatic rings. The number of nitrogens with one attached hydrogen (secondary N) is 1. The highest BCUT2D eigenvalue weighted by atomic mass is 16.2. The monoisotopic (exact) mass is 348 g/mol. The van der Waals surface area contributed by atoms with E-state index in [4.69, 9.17) is 0 Å². The van der Waals surface area contributed by atoms with Gasteiger partial charge in [0, 0.05) is 13.0 Å². The van der Waals surface area contributed by atoms with Crippen LogP contribution in [0.15, 0.2) is 48.5 Å².